The third kappa shape index (κ3) is 6.90. The molecule has 0 aliphatic rings. The smallest absolute Gasteiger partial charge is 0.264 e. The van der Waals surface area contributed by atoms with Gasteiger partial charge in [-0.2, -0.15) is 0 Å². The number of nitrogens with one attached hydrogen (secondary N) is 1. The van der Waals surface area contributed by atoms with E-state index in [2.05, 4.69) is 5.32 Å². The van der Waals surface area contributed by atoms with Crippen LogP contribution in [0.25, 0.3) is 0 Å². The number of thioether (sulfide) groups is 1. The van der Waals surface area contributed by atoms with Crippen molar-refractivity contribution in [2.45, 2.75) is 29.7 Å². The summed E-state index contributed by atoms with van der Waals surface area (Å²) in [6.07, 6.45) is 1.92. The van der Waals surface area contributed by atoms with Crippen LogP contribution in [-0.2, 0) is 14.8 Å². The third-order valence-corrected chi connectivity index (χ3v) is 8.18. The molecule has 1 N–H and O–H groups in total. The van der Waals surface area contributed by atoms with Gasteiger partial charge in [-0.25, -0.2) is 8.42 Å². The molecule has 8 nitrogen and oxygen atoms in total. The molecule has 0 unspecified atom stereocenters. The lowest BCUT2D eigenvalue weighted by Gasteiger charge is -2.26. The van der Waals surface area contributed by atoms with Gasteiger partial charge in [0.1, 0.15) is 23.8 Å². The van der Waals surface area contributed by atoms with Crippen LogP contribution in [0.1, 0.15) is 25.5 Å². The molecule has 1 atom stereocenters. The highest BCUT2D eigenvalue weighted by Crippen LogP contribution is 2.30. The average Bonchev–Trinajstić information content (AvgIpc) is 2.92. The van der Waals surface area contributed by atoms with Crippen molar-refractivity contribution in [1.29, 1.82) is 0 Å². The first kappa shape index (κ1) is 28.2. The van der Waals surface area contributed by atoms with Crippen LogP contribution >= 0.6 is 11.8 Å². The lowest BCUT2D eigenvalue weighted by Crippen LogP contribution is -2.41. The Bertz CT molecular complexity index is 1300. The second kappa shape index (κ2) is 12.7. The summed E-state index contributed by atoms with van der Waals surface area (Å²) in [5.41, 5.74) is 1.05. The Morgan fingerprint density at radius 3 is 2.19 bits per heavy atom. The van der Waals surface area contributed by atoms with E-state index in [1.807, 2.05) is 13.2 Å². The van der Waals surface area contributed by atoms with Gasteiger partial charge in [0.15, 0.2) is 0 Å². The molecule has 1 amide bonds. The molecule has 0 heterocycles. The number of amides is 1. The van der Waals surface area contributed by atoms with Crippen LogP contribution in [0.15, 0.2) is 76.5 Å². The quantitative estimate of drug-likeness (QED) is 0.324. The van der Waals surface area contributed by atoms with Crippen LogP contribution in [0, 0.1) is 0 Å². The number of hydrogen-bond acceptors (Lipinski definition) is 7. The van der Waals surface area contributed by atoms with Gasteiger partial charge in [0.05, 0.1) is 37.5 Å². The summed E-state index contributed by atoms with van der Waals surface area (Å²) < 4.78 is 44.7. The lowest BCUT2D eigenvalue weighted by molar-refractivity contribution is -0.120. The van der Waals surface area contributed by atoms with Gasteiger partial charge in [-0.05, 0) is 86.8 Å². The lowest BCUT2D eigenvalue weighted by atomic mass is 10.1. The number of methoxy groups -OCH3 is 2. The zero-order valence-corrected chi connectivity index (χ0v) is 23.2. The van der Waals surface area contributed by atoms with Crippen molar-refractivity contribution in [3.05, 3.63) is 72.3 Å². The third-order valence-electron chi connectivity index (χ3n) is 5.65. The molecule has 3 aromatic rings. The van der Waals surface area contributed by atoms with Crippen molar-refractivity contribution >= 4 is 33.4 Å². The maximum Gasteiger partial charge on any atom is 0.264 e. The predicted molar refractivity (Wildman–Crippen MR) is 146 cm³/mol. The van der Waals surface area contributed by atoms with Crippen LogP contribution < -0.4 is 23.8 Å². The van der Waals surface area contributed by atoms with Gasteiger partial charge in [-0.3, -0.25) is 9.10 Å². The molecule has 3 rings (SSSR count). The van der Waals surface area contributed by atoms with Gasteiger partial charge in [-0.1, -0.05) is 0 Å². The summed E-state index contributed by atoms with van der Waals surface area (Å²) in [4.78, 5) is 14.2. The van der Waals surface area contributed by atoms with Crippen molar-refractivity contribution in [1.82, 2.24) is 5.32 Å². The Hall–Kier alpha value is -3.37. The first-order valence-corrected chi connectivity index (χ1v) is 14.3. The summed E-state index contributed by atoms with van der Waals surface area (Å²) in [6.45, 7) is 3.73. The highest BCUT2D eigenvalue weighted by Gasteiger charge is 2.28. The largest absolute Gasteiger partial charge is 0.497 e. The number of rotatable bonds is 12. The minimum atomic E-state index is -4.05. The van der Waals surface area contributed by atoms with E-state index in [-0.39, 0.29) is 4.90 Å². The SMILES string of the molecule is CCOc1ccc(N(CC(=O)N[C@@H](C)c2cc(OC)ccc2OC)S(=O)(=O)c2ccc(SC)cc2)cc1. The van der Waals surface area contributed by atoms with E-state index < -0.39 is 28.5 Å². The van der Waals surface area contributed by atoms with Crippen LogP contribution in [-0.4, -0.2) is 48.0 Å². The number of carbonyl (C=O) groups is 1. The number of sulfonamides is 1. The van der Waals surface area contributed by atoms with E-state index in [1.165, 1.54) is 11.8 Å². The van der Waals surface area contributed by atoms with Gasteiger partial charge >= 0.3 is 0 Å². The maximum absolute atomic E-state index is 13.7. The minimum absolute atomic E-state index is 0.0921. The van der Waals surface area contributed by atoms with Crippen molar-refractivity contribution < 1.29 is 27.4 Å². The van der Waals surface area contributed by atoms with Crippen molar-refractivity contribution in [2.75, 3.05) is 37.9 Å². The second-order valence-corrected chi connectivity index (χ2v) is 10.8. The molecule has 37 heavy (non-hydrogen) atoms. The monoisotopic (exact) mass is 544 g/mol. The molecule has 0 bridgehead atoms. The Labute approximate surface area is 223 Å². The number of carbonyl (C=O) groups excluding carboxylic acids is 1. The summed E-state index contributed by atoms with van der Waals surface area (Å²) in [6, 6.07) is 18.0. The summed E-state index contributed by atoms with van der Waals surface area (Å²) in [5, 5.41) is 2.89. The normalized spacial score (nSPS) is 11.9. The fraction of sp³-hybridized carbons (Fsp3) is 0.296. The zero-order chi connectivity index (χ0) is 27.0. The Morgan fingerprint density at radius 1 is 0.973 bits per heavy atom. The Balaban J connectivity index is 1.91. The minimum Gasteiger partial charge on any atom is -0.497 e. The van der Waals surface area contributed by atoms with Crippen molar-refractivity contribution in [3.8, 4) is 17.2 Å². The standard InChI is InChI=1S/C27H32N2O6S2/c1-6-35-21-9-7-20(8-10-21)29(37(31,32)24-14-12-23(36-5)13-15-24)18-27(30)28-19(2)25-17-22(33-3)11-16-26(25)34-4/h7-17,19H,6,18H2,1-5H3,(H,28,30)/t19-/m0/s1. The van der Waals surface area contributed by atoms with Crippen molar-refractivity contribution in [3.63, 3.8) is 0 Å². The molecule has 0 saturated heterocycles. The van der Waals surface area contributed by atoms with E-state index in [9.17, 15) is 13.2 Å². The molecular formula is C27H32N2O6S2. The fourth-order valence-electron chi connectivity index (χ4n) is 3.74. The van der Waals surface area contributed by atoms with Crippen molar-refractivity contribution in [2.24, 2.45) is 0 Å². The molecule has 0 saturated carbocycles. The fourth-order valence-corrected chi connectivity index (χ4v) is 5.57. The molecule has 0 radical (unpaired) electrons. The van der Waals surface area contributed by atoms with Crippen LogP contribution in [0.5, 0.6) is 17.2 Å². The molecule has 0 spiro atoms. The molecule has 0 aromatic heterocycles. The molecule has 0 aliphatic heterocycles. The van der Waals surface area contributed by atoms with Gasteiger partial charge in [0.2, 0.25) is 5.91 Å². The first-order chi connectivity index (χ1) is 17.7. The average molecular weight is 545 g/mol. The summed E-state index contributed by atoms with van der Waals surface area (Å²) >= 11 is 1.51. The van der Waals surface area contributed by atoms with Gasteiger partial charge < -0.3 is 19.5 Å². The number of hydrogen-bond donors (Lipinski definition) is 1. The number of anilines is 1. The van der Waals surface area contributed by atoms with E-state index in [0.717, 1.165) is 9.20 Å². The highest BCUT2D eigenvalue weighted by molar-refractivity contribution is 7.98. The van der Waals surface area contributed by atoms with Crippen LogP contribution in [0.3, 0.4) is 0 Å². The van der Waals surface area contributed by atoms with Crippen LogP contribution in [0.2, 0.25) is 0 Å². The number of benzene rings is 3. The van der Waals surface area contributed by atoms with Gasteiger partial charge in [0.25, 0.3) is 10.0 Å². The van der Waals surface area contributed by atoms with E-state index in [0.29, 0.717) is 35.1 Å². The number of nitrogens with zero attached hydrogens (tertiary/aromatic N) is 1. The Morgan fingerprint density at radius 2 is 1.62 bits per heavy atom. The molecule has 0 fully saturated rings. The topological polar surface area (TPSA) is 94.2 Å². The molecular weight excluding hydrogens is 512 g/mol. The van der Waals surface area contributed by atoms with E-state index >= 15 is 0 Å². The van der Waals surface area contributed by atoms with Gasteiger partial charge in [0, 0.05) is 10.5 Å². The Kier molecular flexibility index (Phi) is 9.71. The molecule has 0 aliphatic carbocycles. The zero-order valence-electron chi connectivity index (χ0n) is 21.6. The molecule has 3 aromatic carbocycles. The number of ether oxygens (including phenoxy) is 3. The van der Waals surface area contributed by atoms with Gasteiger partial charge in [-0.15, -0.1) is 11.8 Å². The summed E-state index contributed by atoms with van der Waals surface area (Å²) in [5.74, 6) is 1.33. The maximum atomic E-state index is 13.7. The predicted octanol–water partition coefficient (Wildman–Crippen LogP) is 4.90. The van der Waals surface area contributed by atoms with Crippen LogP contribution in [0.4, 0.5) is 5.69 Å². The molecule has 10 heteroatoms. The molecule has 198 valence electrons. The van der Waals surface area contributed by atoms with E-state index in [1.54, 1.807) is 87.9 Å². The first-order valence-electron chi connectivity index (χ1n) is 11.6. The van der Waals surface area contributed by atoms with E-state index in [4.69, 9.17) is 14.2 Å². The highest BCUT2D eigenvalue weighted by atomic mass is 32.2. The second-order valence-electron chi connectivity index (χ2n) is 8.01. The summed E-state index contributed by atoms with van der Waals surface area (Å²) in [7, 11) is -0.946.